The first-order valence-electron chi connectivity index (χ1n) is 10.5. The average Bonchev–Trinajstić information content (AvgIpc) is 3.22. The Bertz CT molecular complexity index is 900. The van der Waals surface area contributed by atoms with Crippen molar-refractivity contribution >= 4 is 5.97 Å². The number of aliphatic carboxylic acids is 1. The van der Waals surface area contributed by atoms with Crippen molar-refractivity contribution in [2.24, 2.45) is 0 Å². The highest BCUT2D eigenvalue weighted by Crippen LogP contribution is 2.30. The molecule has 0 saturated carbocycles. The molecule has 0 fully saturated rings. The van der Waals surface area contributed by atoms with Crippen molar-refractivity contribution in [1.82, 2.24) is 5.32 Å². The van der Waals surface area contributed by atoms with Crippen LogP contribution in [-0.2, 0) is 17.8 Å². The molecule has 1 unspecified atom stereocenters. The maximum atomic E-state index is 10.2. The van der Waals surface area contributed by atoms with Gasteiger partial charge in [0, 0.05) is 19.2 Å². The molecule has 0 heterocycles. The fourth-order valence-corrected chi connectivity index (χ4v) is 3.38. The Balaban J connectivity index is 0.000000211. The van der Waals surface area contributed by atoms with E-state index in [-0.39, 0.29) is 6.61 Å². The third kappa shape index (κ3) is 7.98. The summed E-state index contributed by atoms with van der Waals surface area (Å²) in [6, 6.07) is 28.2. The van der Waals surface area contributed by atoms with Gasteiger partial charge in [-0.1, -0.05) is 84.9 Å². The van der Waals surface area contributed by atoms with Crippen LogP contribution in [-0.4, -0.2) is 27.9 Å². The van der Waals surface area contributed by atoms with Gasteiger partial charge in [-0.15, -0.1) is 0 Å². The molecule has 0 spiro atoms. The van der Waals surface area contributed by atoms with Crippen LogP contribution in [0, 0.1) is 0 Å². The Morgan fingerprint density at radius 2 is 1.52 bits per heavy atom. The maximum Gasteiger partial charge on any atom is 0.337 e. The van der Waals surface area contributed by atoms with Crippen molar-refractivity contribution in [3.05, 3.63) is 107 Å². The van der Waals surface area contributed by atoms with Crippen LogP contribution in [0.1, 0.15) is 47.7 Å². The van der Waals surface area contributed by atoms with Gasteiger partial charge < -0.3 is 20.6 Å². The summed E-state index contributed by atoms with van der Waals surface area (Å²) in [5.74, 6) is -1.23. The zero-order valence-corrected chi connectivity index (χ0v) is 17.8. The van der Waals surface area contributed by atoms with Gasteiger partial charge in [0.2, 0.25) is 0 Å². The zero-order valence-electron chi connectivity index (χ0n) is 17.8. The van der Waals surface area contributed by atoms with Crippen molar-refractivity contribution in [2.75, 3.05) is 6.61 Å². The predicted octanol–water partition coefficient (Wildman–Crippen LogP) is 4.27. The number of aliphatic hydroxyl groups is 2. The monoisotopic (exact) mass is 421 g/mol. The van der Waals surface area contributed by atoms with E-state index in [9.17, 15) is 4.79 Å². The lowest BCUT2D eigenvalue weighted by molar-refractivity contribution is -0.146. The van der Waals surface area contributed by atoms with Gasteiger partial charge in [-0.3, -0.25) is 0 Å². The van der Waals surface area contributed by atoms with Crippen LogP contribution in [0.25, 0.3) is 0 Å². The molecule has 4 N–H and O–H groups in total. The molecule has 0 amide bonds. The molecule has 5 nitrogen and oxygen atoms in total. The summed E-state index contributed by atoms with van der Waals surface area (Å²) < 4.78 is 0. The molecule has 164 valence electrons. The van der Waals surface area contributed by atoms with Crippen molar-refractivity contribution in [3.63, 3.8) is 0 Å². The van der Waals surface area contributed by atoms with E-state index in [0.29, 0.717) is 11.6 Å². The molecule has 3 aromatic rings. The van der Waals surface area contributed by atoms with Gasteiger partial charge in [0.05, 0.1) is 0 Å². The van der Waals surface area contributed by atoms with Gasteiger partial charge in [-0.2, -0.15) is 0 Å². The molecule has 31 heavy (non-hydrogen) atoms. The number of hydrogen-bond acceptors (Lipinski definition) is 4. The van der Waals surface area contributed by atoms with E-state index in [1.807, 2.05) is 0 Å². The average molecular weight is 422 g/mol. The third-order valence-corrected chi connectivity index (χ3v) is 4.88. The van der Waals surface area contributed by atoms with Gasteiger partial charge in [0.1, 0.15) is 0 Å². The van der Waals surface area contributed by atoms with Crippen molar-refractivity contribution in [3.8, 4) is 0 Å². The van der Waals surface area contributed by atoms with Crippen molar-refractivity contribution < 1.29 is 20.1 Å². The Morgan fingerprint density at radius 3 is 2.13 bits per heavy atom. The third-order valence-electron chi connectivity index (χ3n) is 4.88. The van der Waals surface area contributed by atoms with E-state index >= 15 is 0 Å². The Hall–Kier alpha value is -2.99. The van der Waals surface area contributed by atoms with E-state index in [1.54, 1.807) is 37.3 Å². The second-order valence-electron chi connectivity index (χ2n) is 7.12. The van der Waals surface area contributed by atoms with Gasteiger partial charge >= 0.3 is 5.97 Å². The number of benzene rings is 3. The smallest absolute Gasteiger partial charge is 0.337 e. The predicted molar refractivity (Wildman–Crippen MR) is 123 cm³/mol. The molecule has 4 rings (SSSR count). The Labute approximate surface area is 184 Å². The van der Waals surface area contributed by atoms with E-state index < -0.39 is 12.1 Å². The second kappa shape index (κ2) is 13.3. The van der Waals surface area contributed by atoms with Gasteiger partial charge in [-0.25, -0.2) is 4.79 Å². The van der Waals surface area contributed by atoms with Crippen LogP contribution in [0.5, 0.6) is 0 Å². The van der Waals surface area contributed by atoms with Gasteiger partial charge in [0.15, 0.2) is 6.10 Å². The molecule has 5 heteroatoms. The molecular formula is C26H31NO4. The zero-order chi connectivity index (χ0) is 22.5. The number of nitrogens with one attached hydrogen (secondary N) is 1. The maximum absolute atomic E-state index is 10.2. The molecule has 0 radical (unpaired) electrons. The van der Waals surface area contributed by atoms with E-state index in [1.165, 1.54) is 29.5 Å². The minimum atomic E-state index is -1.41. The van der Waals surface area contributed by atoms with Crippen molar-refractivity contribution in [1.29, 1.82) is 0 Å². The number of hydrogen-bond donors (Lipinski definition) is 4. The molecule has 0 saturated heterocycles. The first kappa shape index (κ1) is 24.3. The van der Waals surface area contributed by atoms with Crippen LogP contribution in [0.3, 0.4) is 0 Å². The first-order chi connectivity index (χ1) is 15.1. The number of carbonyl (C=O) groups is 1. The summed E-state index contributed by atoms with van der Waals surface area (Å²) in [6.45, 7) is 2.89. The second-order valence-corrected chi connectivity index (χ2v) is 7.12. The highest BCUT2D eigenvalue weighted by molar-refractivity contribution is 5.73. The number of aryl methyl sites for hydroxylation is 1. The van der Waals surface area contributed by atoms with Crippen LogP contribution in [0.2, 0.25) is 0 Å². The molecule has 1 aliphatic rings. The lowest BCUT2D eigenvalue weighted by atomic mass is 10.1. The summed E-state index contributed by atoms with van der Waals surface area (Å²) in [6.07, 6.45) is 1.03. The lowest BCUT2D eigenvalue weighted by Gasteiger charge is -2.13. The molecule has 3 aromatic carbocycles. The number of carboxylic acid groups (broad SMARTS) is 1. The summed E-state index contributed by atoms with van der Waals surface area (Å²) in [4.78, 5) is 10.2. The lowest BCUT2D eigenvalue weighted by Crippen LogP contribution is -2.18. The molecule has 2 atom stereocenters. The van der Waals surface area contributed by atoms with Gasteiger partial charge in [0.25, 0.3) is 0 Å². The standard InChI is InChI=1S/C16H17N.C8H8O3.C2H6O/c1-2-6-13(7-3-1)12-17-16-11-10-14-8-4-5-9-15(14)16;9-7(8(10)11)6-4-2-1-3-5-6;1-2-3/h1-9,16-17H,10-12H2;1-5,7,9H,(H,10,11);3H,2H2,1H3/t;7-;/m.0./s1. The Kier molecular flexibility index (Phi) is 10.4. The summed E-state index contributed by atoms with van der Waals surface area (Å²) in [7, 11) is 0. The molecular weight excluding hydrogens is 390 g/mol. The highest BCUT2D eigenvalue weighted by Gasteiger charge is 2.20. The van der Waals surface area contributed by atoms with Crippen LogP contribution in [0.4, 0.5) is 0 Å². The summed E-state index contributed by atoms with van der Waals surface area (Å²) in [5.41, 5.74) is 4.76. The van der Waals surface area contributed by atoms with Gasteiger partial charge in [-0.05, 0) is 42.0 Å². The summed E-state index contributed by atoms with van der Waals surface area (Å²) in [5, 5.41) is 28.6. The van der Waals surface area contributed by atoms with Crippen LogP contribution >= 0.6 is 0 Å². The first-order valence-corrected chi connectivity index (χ1v) is 10.5. The number of fused-ring (bicyclic) bond motifs is 1. The minimum absolute atomic E-state index is 0.250. The fourth-order valence-electron chi connectivity index (χ4n) is 3.38. The summed E-state index contributed by atoms with van der Waals surface area (Å²) >= 11 is 0. The number of rotatable bonds is 5. The topological polar surface area (TPSA) is 89.8 Å². The molecule has 0 aromatic heterocycles. The number of carboxylic acids is 1. The quantitative estimate of drug-likeness (QED) is 0.494. The molecule has 0 bridgehead atoms. The number of aliphatic hydroxyl groups excluding tert-OH is 2. The fraction of sp³-hybridized carbons (Fsp3) is 0.269. The van der Waals surface area contributed by atoms with Crippen molar-refractivity contribution in [2.45, 2.75) is 38.5 Å². The van der Waals surface area contributed by atoms with Crippen LogP contribution in [0.15, 0.2) is 84.9 Å². The normalized spacial score (nSPS) is 14.9. The molecule has 1 aliphatic carbocycles. The minimum Gasteiger partial charge on any atom is -0.479 e. The largest absolute Gasteiger partial charge is 0.479 e. The highest BCUT2D eigenvalue weighted by atomic mass is 16.4. The van der Waals surface area contributed by atoms with E-state index in [0.717, 1.165) is 6.54 Å². The molecule has 0 aliphatic heterocycles. The van der Waals surface area contributed by atoms with E-state index in [2.05, 4.69) is 59.9 Å². The SMILES string of the molecule is CCO.O=C(O)[C@@H](O)c1ccccc1.c1ccc(CNC2CCc3ccccc32)cc1. The van der Waals surface area contributed by atoms with E-state index in [4.69, 9.17) is 15.3 Å². The Morgan fingerprint density at radius 1 is 0.968 bits per heavy atom. The van der Waals surface area contributed by atoms with Crippen LogP contribution < -0.4 is 5.32 Å².